The second-order valence-corrected chi connectivity index (χ2v) is 4.45. The number of nitrogens with one attached hydrogen (secondary N) is 2. The molecule has 2 aromatic carbocycles. The number of rotatable bonds is 2. The monoisotopic (exact) mass is 278 g/mol. The van der Waals surface area contributed by atoms with E-state index in [1.165, 1.54) is 12.1 Å². The van der Waals surface area contributed by atoms with Gasteiger partial charge in [-0.1, -0.05) is 29.8 Å². The highest BCUT2D eigenvalue weighted by Crippen LogP contribution is 2.23. The number of aryl methyl sites for hydroxylation is 1. The Morgan fingerprint density at radius 1 is 1.11 bits per heavy atom. The highest BCUT2D eigenvalue weighted by atomic mass is 35.5. The van der Waals surface area contributed by atoms with Crippen LogP contribution < -0.4 is 10.6 Å². The third kappa shape index (κ3) is 3.45. The van der Waals surface area contributed by atoms with Gasteiger partial charge in [0.2, 0.25) is 0 Å². The number of benzene rings is 2. The van der Waals surface area contributed by atoms with Crippen LogP contribution >= 0.6 is 11.6 Å². The average molecular weight is 279 g/mol. The van der Waals surface area contributed by atoms with Crippen LogP contribution in [-0.2, 0) is 0 Å². The number of hydrogen-bond acceptors (Lipinski definition) is 1. The number of para-hydroxylation sites is 1. The van der Waals surface area contributed by atoms with Crippen LogP contribution in [0.5, 0.6) is 0 Å². The van der Waals surface area contributed by atoms with Crippen molar-refractivity contribution in [2.45, 2.75) is 6.92 Å². The molecule has 2 N–H and O–H groups in total. The third-order valence-electron chi connectivity index (χ3n) is 2.49. The van der Waals surface area contributed by atoms with Crippen molar-refractivity contribution in [3.63, 3.8) is 0 Å². The molecule has 0 radical (unpaired) electrons. The van der Waals surface area contributed by atoms with Gasteiger partial charge in [0.25, 0.3) is 0 Å². The fraction of sp³-hybridized carbons (Fsp3) is 0.0714. The van der Waals surface area contributed by atoms with E-state index in [1.807, 2.05) is 13.0 Å². The van der Waals surface area contributed by atoms with E-state index in [4.69, 9.17) is 11.6 Å². The van der Waals surface area contributed by atoms with Crippen LogP contribution in [0.15, 0.2) is 42.5 Å². The molecular weight excluding hydrogens is 267 g/mol. The first-order valence-corrected chi connectivity index (χ1v) is 6.03. The Bertz CT molecular complexity index is 616. The van der Waals surface area contributed by atoms with Crippen LogP contribution in [0.25, 0.3) is 0 Å². The zero-order valence-electron chi connectivity index (χ0n) is 10.2. The summed E-state index contributed by atoms with van der Waals surface area (Å²) >= 11 is 5.99. The smallest absolute Gasteiger partial charge is 0.306 e. The van der Waals surface area contributed by atoms with Crippen molar-refractivity contribution in [2.24, 2.45) is 0 Å². The molecule has 0 aromatic heterocycles. The molecule has 0 fully saturated rings. The first kappa shape index (κ1) is 13.4. The van der Waals surface area contributed by atoms with Crippen LogP contribution in [0.1, 0.15) is 5.56 Å². The average Bonchev–Trinajstić information content (AvgIpc) is 2.36. The first-order chi connectivity index (χ1) is 9.06. The number of anilines is 2. The lowest BCUT2D eigenvalue weighted by Gasteiger charge is -2.10. The molecule has 98 valence electrons. The minimum absolute atomic E-state index is 0.114. The summed E-state index contributed by atoms with van der Waals surface area (Å²) in [6.45, 7) is 1.90. The molecule has 0 aliphatic heterocycles. The van der Waals surface area contributed by atoms with E-state index in [-0.39, 0.29) is 5.69 Å². The summed E-state index contributed by atoms with van der Waals surface area (Å²) in [5, 5.41) is 5.42. The molecular formula is C14H12ClFN2O. The van der Waals surface area contributed by atoms with Gasteiger partial charge in [-0.25, -0.2) is 9.18 Å². The molecule has 0 saturated carbocycles. The molecule has 0 spiro atoms. The van der Waals surface area contributed by atoms with Crippen LogP contribution in [0.3, 0.4) is 0 Å². The summed E-state index contributed by atoms with van der Waals surface area (Å²) in [7, 11) is 0. The van der Waals surface area contributed by atoms with Crippen molar-refractivity contribution in [1.82, 2.24) is 0 Å². The van der Waals surface area contributed by atoms with Crippen LogP contribution in [-0.4, -0.2) is 6.03 Å². The lowest BCUT2D eigenvalue weighted by Crippen LogP contribution is -2.20. The lowest BCUT2D eigenvalue weighted by molar-refractivity contribution is 0.262. The van der Waals surface area contributed by atoms with Crippen LogP contribution in [0.4, 0.5) is 20.6 Å². The van der Waals surface area contributed by atoms with Gasteiger partial charge in [-0.2, -0.15) is 0 Å². The summed E-state index contributed by atoms with van der Waals surface area (Å²) in [6, 6.07) is 10.6. The Morgan fingerprint density at radius 3 is 2.47 bits per heavy atom. The minimum atomic E-state index is -0.546. The van der Waals surface area contributed by atoms with Gasteiger partial charge in [-0.05, 0) is 36.8 Å². The van der Waals surface area contributed by atoms with Crippen molar-refractivity contribution >= 4 is 29.0 Å². The molecule has 0 aliphatic rings. The van der Waals surface area contributed by atoms with E-state index in [9.17, 15) is 9.18 Å². The van der Waals surface area contributed by atoms with E-state index < -0.39 is 11.8 Å². The highest BCUT2D eigenvalue weighted by molar-refractivity contribution is 6.33. The molecule has 3 nitrogen and oxygen atoms in total. The number of urea groups is 1. The van der Waals surface area contributed by atoms with Gasteiger partial charge < -0.3 is 10.6 Å². The molecule has 2 aromatic rings. The van der Waals surface area contributed by atoms with E-state index >= 15 is 0 Å². The molecule has 2 rings (SSSR count). The Hall–Kier alpha value is -2.07. The van der Waals surface area contributed by atoms with Gasteiger partial charge in [0.05, 0.1) is 16.4 Å². The van der Waals surface area contributed by atoms with Gasteiger partial charge >= 0.3 is 6.03 Å². The van der Waals surface area contributed by atoms with E-state index in [1.54, 1.807) is 24.3 Å². The molecule has 5 heteroatoms. The summed E-state index contributed by atoms with van der Waals surface area (Å²) in [4.78, 5) is 11.7. The highest BCUT2D eigenvalue weighted by Gasteiger charge is 2.08. The second-order valence-electron chi connectivity index (χ2n) is 4.04. The molecule has 0 aliphatic carbocycles. The maximum atomic E-state index is 13.4. The molecule has 0 bridgehead atoms. The summed E-state index contributed by atoms with van der Waals surface area (Å²) in [5.41, 5.74) is 1.58. The third-order valence-corrected chi connectivity index (χ3v) is 2.81. The molecule has 0 unspecified atom stereocenters. The van der Waals surface area contributed by atoms with E-state index in [0.717, 1.165) is 5.56 Å². The predicted molar refractivity (Wildman–Crippen MR) is 75.2 cm³/mol. The molecule has 2 amide bonds. The van der Waals surface area contributed by atoms with Gasteiger partial charge in [-0.15, -0.1) is 0 Å². The van der Waals surface area contributed by atoms with Crippen molar-refractivity contribution in [2.75, 3.05) is 10.6 Å². The maximum absolute atomic E-state index is 13.4. The van der Waals surface area contributed by atoms with Crippen molar-refractivity contribution in [1.29, 1.82) is 0 Å². The quantitative estimate of drug-likeness (QED) is 0.838. The maximum Gasteiger partial charge on any atom is 0.323 e. The van der Waals surface area contributed by atoms with Crippen molar-refractivity contribution in [3.05, 3.63) is 58.9 Å². The van der Waals surface area contributed by atoms with Gasteiger partial charge in [0.1, 0.15) is 5.82 Å². The van der Waals surface area contributed by atoms with Crippen LogP contribution in [0.2, 0.25) is 5.02 Å². The summed E-state index contributed by atoms with van der Waals surface area (Å²) < 4.78 is 13.4. The number of amides is 2. The number of carbonyl (C=O) groups excluding carboxylic acids is 1. The summed E-state index contributed by atoms with van der Waals surface area (Å²) in [5.74, 6) is -0.493. The topological polar surface area (TPSA) is 41.1 Å². The van der Waals surface area contributed by atoms with E-state index in [2.05, 4.69) is 10.6 Å². The zero-order chi connectivity index (χ0) is 13.8. The fourth-order valence-corrected chi connectivity index (χ4v) is 1.84. The Kier molecular flexibility index (Phi) is 4.02. The van der Waals surface area contributed by atoms with Gasteiger partial charge in [-0.3, -0.25) is 0 Å². The molecule has 19 heavy (non-hydrogen) atoms. The molecule has 0 atom stereocenters. The van der Waals surface area contributed by atoms with Crippen molar-refractivity contribution < 1.29 is 9.18 Å². The Morgan fingerprint density at radius 2 is 1.79 bits per heavy atom. The minimum Gasteiger partial charge on any atom is -0.306 e. The number of hydrogen-bond donors (Lipinski definition) is 2. The normalized spacial score (nSPS) is 10.1. The largest absolute Gasteiger partial charge is 0.323 e. The van der Waals surface area contributed by atoms with Crippen LogP contribution in [0, 0.1) is 12.7 Å². The number of halogens is 2. The lowest BCUT2D eigenvalue weighted by atomic mass is 10.2. The predicted octanol–water partition coefficient (Wildman–Crippen LogP) is 4.43. The fourth-order valence-electron chi connectivity index (χ4n) is 1.56. The SMILES string of the molecule is Cc1ccc(NC(=O)Nc2ccccc2F)c(Cl)c1. The van der Waals surface area contributed by atoms with Crippen molar-refractivity contribution in [3.8, 4) is 0 Å². The van der Waals surface area contributed by atoms with Gasteiger partial charge in [0, 0.05) is 0 Å². The molecule has 0 heterocycles. The van der Waals surface area contributed by atoms with Gasteiger partial charge in [0.15, 0.2) is 0 Å². The molecule has 0 saturated heterocycles. The number of carbonyl (C=O) groups is 1. The summed E-state index contributed by atoms with van der Waals surface area (Å²) in [6.07, 6.45) is 0. The second kappa shape index (κ2) is 5.71. The van der Waals surface area contributed by atoms with E-state index in [0.29, 0.717) is 10.7 Å². The Labute approximate surface area is 115 Å². The Balaban J connectivity index is 2.08. The zero-order valence-corrected chi connectivity index (χ0v) is 11.0. The first-order valence-electron chi connectivity index (χ1n) is 5.65. The standard InChI is InChI=1S/C14H12ClFN2O/c1-9-6-7-12(10(15)8-9)17-14(19)18-13-5-3-2-4-11(13)16/h2-8H,1H3,(H2,17,18,19).